The summed E-state index contributed by atoms with van der Waals surface area (Å²) in [6.45, 7) is 2.07. The lowest BCUT2D eigenvalue weighted by molar-refractivity contribution is -0.132. The van der Waals surface area contributed by atoms with Gasteiger partial charge in [0.15, 0.2) is 9.84 Å². The van der Waals surface area contributed by atoms with Crippen LogP contribution in [0.5, 0.6) is 0 Å². The lowest BCUT2D eigenvalue weighted by atomic mass is 9.77. The molecule has 2 aliphatic heterocycles. The Morgan fingerprint density at radius 3 is 2.33 bits per heavy atom. The number of hydrogen-bond donors (Lipinski definition) is 1. The van der Waals surface area contributed by atoms with E-state index in [-0.39, 0.29) is 28.5 Å². The van der Waals surface area contributed by atoms with Gasteiger partial charge in [-0.25, -0.2) is 8.42 Å². The van der Waals surface area contributed by atoms with Crippen molar-refractivity contribution in [3.8, 4) is 0 Å². The molecule has 0 aliphatic carbocycles. The minimum Gasteiger partial charge on any atom is -0.356 e. The van der Waals surface area contributed by atoms with Crippen LogP contribution in [0.3, 0.4) is 0 Å². The van der Waals surface area contributed by atoms with Crippen molar-refractivity contribution in [2.75, 3.05) is 25.9 Å². The van der Waals surface area contributed by atoms with Crippen LogP contribution in [0.25, 0.3) is 0 Å². The van der Waals surface area contributed by atoms with Gasteiger partial charge in [0, 0.05) is 32.3 Å². The quantitative estimate of drug-likeness (QED) is 0.872. The van der Waals surface area contributed by atoms with Crippen molar-refractivity contribution < 1.29 is 18.0 Å². The lowest BCUT2D eigenvalue weighted by Crippen LogP contribution is -2.44. The maximum Gasteiger partial charge on any atom is 0.226 e. The van der Waals surface area contributed by atoms with E-state index in [1.54, 1.807) is 24.3 Å². The largest absolute Gasteiger partial charge is 0.356 e. The highest BCUT2D eigenvalue weighted by molar-refractivity contribution is 7.90. The third-order valence-corrected chi connectivity index (χ3v) is 6.21. The summed E-state index contributed by atoms with van der Waals surface area (Å²) in [4.78, 5) is 26.0. The van der Waals surface area contributed by atoms with Gasteiger partial charge in [-0.2, -0.15) is 0 Å². The van der Waals surface area contributed by atoms with E-state index in [1.807, 2.05) is 4.90 Å². The van der Waals surface area contributed by atoms with Crippen LogP contribution >= 0.6 is 0 Å². The Balaban J connectivity index is 1.57. The van der Waals surface area contributed by atoms with Crippen molar-refractivity contribution in [3.63, 3.8) is 0 Å². The number of nitrogens with zero attached hydrogens (tertiary/aromatic N) is 1. The standard InChI is InChI=1S/C17H22N2O4S/c1-24(22,23)14-4-2-13(3-5-14)10-16(21)19-8-6-17(7-9-19)11-15(20)18-12-17/h2-5H,6-12H2,1H3,(H,18,20). The normalized spacial score (nSPS) is 20.2. The molecule has 0 atom stereocenters. The summed E-state index contributed by atoms with van der Waals surface area (Å²) in [6, 6.07) is 6.47. The third kappa shape index (κ3) is 3.61. The van der Waals surface area contributed by atoms with E-state index in [0.29, 0.717) is 19.5 Å². The molecular weight excluding hydrogens is 328 g/mol. The van der Waals surface area contributed by atoms with Crippen LogP contribution in [-0.2, 0) is 25.8 Å². The zero-order valence-corrected chi connectivity index (χ0v) is 14.6. The molecule has 7 heteroatoms. The lowest BCUT2D eigenvalue weighted by Gasteiger charge is -2.38. The number of piperidine rings is 1. The van der Waals surface area contributed by atoms with Crippen molar-refractivity contribution in [2.24, 2.45) is 5.41 Å². The second-order valence-electron chi connectivity index (χ2n) is 6.93. The average Bonchev–Trinajstić information content (AvgIpc) is 2.88. The highest BCUT2D eigenvalue weighted by Crippen LogP contribution is 2.37. The summed E-state index contributed by atoms with van der Waals surface area (Å²) >= 11 is 0. The number of carbonyl (C=O) groups excluding carboxylic acids is 2. The first kappa shape index (κ1) is 17.0. The molecule has 6 nitrogen and oxygen atoms in total. The van der Waals surface area contributed by atoms with E-state index in [4.69, 9.17) is 0 Å². The van der Waals surface area contributed by atoms with E-state index in [2.05, 4.69) is 5.32 Å². The fourth-order valence-electron chi connectivity index (χ4n) is 3.48. The van der Waals surface area contributed by atoms with Crippen LogP contribution in [0.15, 0.2) is 29.2 Å². The van der Waals surface area contributed by atoms with Crippen LogP contribution in [-0.4, -0.2) is 51.0 Å². The molecule has 1 spiro atoms. The van der Waals surface area contributed by atoms with E-state index in [1.165, 1.54) is 6.26 Å². The summed E-state index contributed by atoms with van der Waals surface area (Å²) in [7, 11) is -3.21. The van der Waals surface area contributed by atoms with Crippen LogP contribution in [0, 0.1) is 5.41 Å². The smallest absolute Gasteiger partial charge is 0.226 e. The van der Waals surface area contributed by atoms with Gasteiger partial charge in [0.05, 0.1) is 11.3 Å². The number of rotatable bonds is 3. The fraction of sp³-hybridized carbons (Fsp3) is 0.529. The van der Waals surface area contributed by atoms with Gasteiger partial charge in [-0.1, -0.05) is 12.1 Å². The average molecular weight is 350 g/mol. The monoisotopic (exact) mass is 350 g/mol. The highest BCUT2D eigenvalue weighted by Gasteiger charge is 2.41. The first-order chi connectivity index (χ1) is 11.3. The first-order valence-electron chi connectivity index (χ1n) is 8.11. The number of nitrogens with one attached hydrogen (secondary N) is 1. The molecule has 1 N–H and O–H groups in total. The molecule has 130 valence electrons. The Labute approximate surface area is 142 Å². The van der Waals surface area contributed by atoms with Gasteiger partial charge in [0.25, 0.3) is 0 Å². The number of hydrogen-bond acceptors (Lipinski definition) is 4. The Hall–Kier alpha value is -1.89. The van der Waals surface area contributed by atoms with Crippen molar-refractivity contribution in [1.82, 2.24) is 10.2 Å². The predicted octanol–water partition coefficient (Wildman–Crippen LogP) is 0.761. The molecule has 1 aromatic carbocycles. The Bertz CT molecular complexity index is 747. The second-order valence-corrected chi connectivity index (χ2v) is 8.94. The van der Waals surface area contributed by atoms with Gasteiger partial charge in [-0.3, -0.25) is 9.59 Å². The van der Waals surface area contributed by atoms with Gasteiger partial charge in [0.1, 0.15) is 0 Å². The fourth-order valence-corrected chi connectivity index (χ4v) is 4.11. The maximum absolute atomic E-state index is 12.4. The van der Waals surface area contributed by atoms with Crippen LogP contribution in [0.1, 0.15) is 24.8 Å². The number of sulfone groups is 1. The van der Waals surface area contributed by atoms with Gasteiger partial charge < -0.3 is 10.2 Å². The first-order valence-corrected chi connectivity index (χ1v) is 10.0. The van der Waals surface area contributed by atoms with Crippen LogP contribution in [0.2, 0.25) is 0 Å². The molecule has 0 radical (unpaired) electrons. The minimum absolute atomic E-state index is 0.0327. The van der Waals surface area contributed by atoms with Crippen molar-refractivity contribution in [2.45, 2.75) is 30.6 Å². The van der Waals surface area contributed by atoms with Gasteiger partial charge in [-0.05, 0) is 36.0 Å². The molecule has 0 unspecified atom stereocenters. The summed E-state index contributed by atoms with van der Waals surface area (Å²) < 4.78 is 22.9. The molecule has 0 bridgehead atoms. The van der Waals surface area contributed by atoms with E-state index in [9.17, 15) is 18.0 Å². The molecule has 1 aromatic rings. The summed E-state index contributed by atoms with van der Waals surface area (Å²) in [5, 5.41) is 2.89. The highest BCUT2D eigenvalue weighted by atomic mass is 32.2. The van der Waals surface area contributed by atoms with Gasteiger partial charge in [0.2, 0.25) is 11.8 Å². The van der Waals surface area contributed by atoms with E-state index >= 15 is 0 Å². The Morgan fingerprint density at radius 1 is 1.21 bits per heavy atom. The maximum atomic E-state index is 12.4. The molecule has 24 heavy (non-hydrogen) atoms. The van der Waals surface area contributed by atoms with Crippen molar-refractivity contribution >= 4 is 21.7 Å². The predicted molar refractivity (Wildman–Crippen MR) is 89.1 cm³/mol. The van der Waals surface area contributed by atoms with Gasteiger partial charge in [-0.15, -0.1) is 0 Å². The molecule has 3 rings (SSSR count). The molecule has 2 saturated heterocycles. The van der Waals surface area contributed by atoms with E-state index < -0.39 is 9.84 Å². The number of amides is 2. The third-order valence-electron chi connectivity index (χ3n) is 5.08. The number of likely N-dealkylation sites (tertiary alicyclic amines) is 1. The van der Waals surface area contributed by atoms with Gasteiger partial charge >= 0.3 is 0 Å². The summed E-state index contributed by atoms with van der Waals surface area (Å²) in [5.74, 6) is 0.162. The SMILES string of the molecule is CS(=O)(=O)c1ccc(CC(=O)N2CCC3(CC2)CNC(=O)C3)cc1. The molecule has 2 aliphatic rings. The molecule has 2 heterocycles. The summed E-state index contributed by atoms with van der Waals surface area (Å²) in [5.41, 5.74) is 0.843. The molecule has 0 saturated carbocycles. The minimum atomic E-state index is -3.21. The topological polar surface area (TPSA) is 83.6 Å². The zero-order valence-electron chi connectivity index (χ0n) is 13.7. The zero-order chi connectivity index (χ0) is 17.4. The van der Waals surface area contributed by atoms with Crippen molar-refractivity contribution in [1.29, 1.82) is 0 Å². The van der Waals surface area contributed by atoms with Crippen LogP contribution < -0.4 is 5.32 Å². The second kappa shape index (κ2) is 6.20. The van der Waals surface area contributed by atoms with Crippen LogP contribution in [0.4, 0.5) is 0 Å². The molecule has 0 aromatic heterocycles. The van der Waals surface area contributed by atoms with Crippen molar-refractivity contribution in [3.05, 3.63) is 29.8 Å². The number of benzene rings is 1. The molecule has 2 amide bonds. The molecular formula is C17H22N2O4S. The summed E-state index contributed by atoms with van der Waals surface area (Å²) in [6.07, 6.45) is 3.71. The number of carbonyl (C=O) groups is 2. The molecule has 2 fully saturated rings. The van der Waals surface area contributed by atoms with E-state index in [0.717, 1.165) is 24.9 Å². The Morgan fingerprint density at radius 2 is 1.83 bits per heavy atom. The Kier molecular flexibility index (Phi) is 4.38.